The maximum Gasteiger partial charge on any atom is 0.109 e. The van der Waals surface area contributed by atoms with Crippen molar-refractivity contribution in [2.45, 2.75) is 12.8 Å². The van der Waals surface area contributed by atoms with Crippen molar-refractivity contribution < 1.29 is 0 Å². The lowest BCUT2D eigenvalue weighted by Crippen LogP contribution is -2.17. The van der Waals surface area contributed by atoms with Gasteiger partial charge >= 0.3 is 0 Å². The molecule has 0 aliphatic carbocycles. The van der Waals surface area contributed by atoms with Gasteiger partial charge in [-0.05, 0) is 20.6 Å². The average Bonchev–Trinajstić information content (AvgIpc) is 2.46. The van der Waals surface area contributed by atoms with Gasteiger partial charge in [0.25, 0.3) is 0 Å². The summed E-state index contributed by atoms with van der Waals surface area (Å²) in [5, 5.41) is 0. The van der Waals surface area contributed by atoms with Crippen LogP contribution in [0.1, 0.15) is 11.5 Å². The molecule has 0 aliphatic rings. The van der Waals surface area contributed by atoms with Crippen LogP contribution in [0.5, 0.6) is 0 Å². The summed E-state index contributed by atoms with van der Waals surface area (Å²) in [4.78, 5) is 6.55. The Labute approximate surface area is 85.7 Å². The van der Waals surface area contributed by atoms with Crippen LogP contribution in [-0.4, -0.2) is 41.6 Å². The first-order valence-electron chi connectivity index (χ1n) is 4.99. The maximum absolute atomic E-state index is 5.51. The average molecular weight is 196 g/mol. The minimum atomic E-state index is 0.687. The first-order chi connectivity index (χ1) is 6.65. The van der Waals surface area contributed by atoms with Crippen LogP contribution in [0.4, 0.5) is 0 Å². The van der Waals surface area contributed by atoms with Crippen molar-refractivity contribution in [1.82, 2.24) is 14.5 Å². The fraction of sp³-hybridized carbons (Fsp3) is 0.700. The molecule has 0 unspecified atom stereocenters. The Morgan fingerprint density at radius 3 is 2.71 bits per heavy atom. The van der Waals surface area contributed by atoms with Gasteiger partial charge < -0.3 is 15.2 Å². The number of rotatable bonds is 5. The number of nitrogens with two attached hydrogens (primary N) is 1. The molecule has 4 heteroatoms. The molecule has 0 aromatic carbocycles. The second-order valence-electron chi connectivity index (χ2n) is 3.82. The Hall–Kier alpha value is -0.870. The number of hydrogen-bond acceptors (Lipinski definition) is 3. The SMILES string of the molecule is CN(C)CCc1ncc(CCN)n1C. The van der Waals surface area contributed by atoms with E-state index in [9.17, 15) is 0 Å². The van der Waals surface area contributed by atoms with E-state index in [0.29, 0.717) is 6.54 Å². The zero-order valence-electron chi connectivity index (χ0n) is 9.32. The largest absolute Gasteiger partial charge is 0.335 e. The monoisotopic (exact) mass is 196 g/mol. The molecule has 0 saturated carbocycles. The van der Waals surface area contributed by atoms with Gasteiger partial charge in [0, 0.05) is 38.3 Å². The van der Waals surface area contributed by atoms with Gasteiger partial charge in [0.15, 0.2) is 0 Å². The van der Waals surface area contributed by atoms with Crippen molar-refractivity contribution in [2.24, 2.45) is 12.8 Å². The highest BCUT2D eigenvalue weighted by atomic mass is 15.1. The summed E-state index contributed by atoms with van der Waals surface area (Å²) in [5.74, 6) is 1.14. The molecular formula is C10H20N4. The molecule has 0 saturated heterocycles. The van der Waals surface area contributed by atoms with Gasteiger partial charge in [-0.3, -0.25) is 0 Å². The molecule has 0 bridgehead atoms. The van der Waals surface area contributed by atoms with Gasteiger partial charge in [-0.25, -0.2) is 4.98 Å². The van der Waals surface area contributed by atoms with Crippen LogP contribution in [0.15, 0.2) is 6.20 Å². The van der Waals surface area contributed by atoms with Crippen molar-refractivity contribution >= 4 is 0 Å². The lowest BCUT2D eigenvalue weighted by atomic mass is 10.3. The Balaban J connectivity index is 2.60. The van der Waals surface area contributed by atoms with E-state index in [0.717, 1.165) is 25.2 Å². The Morgan fingerprint density at radius 2 is 2.14 bits per heavy atom. The predicted molar refractivity (Wildman–Crippen MR) is 58.2 cm³/mol. The molecule has 4 nitrogen and oxygen atoms in total. The van der Waals surface area contributed by atoms with Gasteiger partial charge in [-0.2, -0.15) is 0 Å². The summed E-state index contributed by atoms with van der Waals surface area (Å²) in [6.45, 7) is 1.72. The first kappa shape index (κ1) is 11.2. The van der Waals surface area contributed by atoms with Crippen molar-refractivity contribution in [3.63, 3.8) is 0 Å². The molecule has 1 aromatic rings. The zero-order chi connectivity index (χ0) is 10.6. The molecule has 0 radical (unpaired) electrons. The number of aromatic nitrogens is 2. The normalized spacial score (nSPS) is 11.2. The van der Waals surface area contributed by atoms with Crippen LogP contribution in [-0.2, 0) is 19.9 Å². The highest BCUT2D eigenvalue weighted by Gasteiger charge is 2.05. The molecule has 0 atom stereocenters. The molecule has 0 aliphatic heterocycles. The Morgan fingerprint density at radius 1 is 1.43 bits per heavy atom. The minimum absolute atomic E-state index is 0.687. The van der Waals surface area contributed by atoms with Gasteiger partial charge in [-0.15, -0.1) is 0 Å². The fourth-order valence-corrected chi connectivity index (χ4v) is 1.42. The third kappa shape index (κ3) is 2.82. The summed E-state index contributed by atoms with van der Waals surface area (Å²) in [7, 11) is 6.20. The molecule has 80 valence electrons. The minimum Gasteiger partial charge on any atom is -0.335 e. The van der Waals surface area contributed by atoms with E-state index >= 15 is 0 Å². The molecule has 0 fully saturated rings. The summed E-state index contributed by atoms with van der Waals surface area (Å²) in [5.41, 5.74) is 6.73. The third-order valence-corrected chi connectivity index (χ3v) is 2.36. The van der Waals surface area contributed by atoms with Crippen LogP contribution in [0.3, 0.4) is 0 Å². The maximum atomic E-state index is 5.51. The Bertz CT molecular complexity index is 278. The highest BCUT2D eigenvalue weighted by molar-refractivity contribution is 5.05. The lowest BCUT2D eigenvalue weighted by molar-refractivity contribution is 0.407. The standard InChI is InChI=1S/C10H20N4/c1-13(2)7-5-10-12-8-9(4-6-11)14(10)3/h8H,4-7,11H2,1-3H3. The molecule has 0 spiro atoms. The van der Waals surface area contributed by atoms with Crippen LogP contribution in [0, 0.1) is 0 Å². The fourth-order valence-electron chi connectivity index (χ4n) is 1.42. The summed E-state index contributed by atoms with van der Waals surface area (Å²) < 4.78 is 2.15. The zero-order valence-corrected chi connectivity index (χ0v) is 9.32. The summed E-state index contributed by atoms with van der Waals surface area (Å²) in [6, 6.07) is 0. The second kappa shape index (κ2) is 5.12. The molecule has 1 heterocycles. The topological polar surface area (TPSA) is 47.1 Å². The van der Waals surface area contributed by atoms with E-state index in [1.54, 1.807) is 0 Å². The van der Waals surface area contributed by atoms with E-state index in [-0.39, 0.29) is 0 Å². The molecular weight excluding hydrogens is 176 g/mol. The van der Waals surface area contributed by atoms with E-state index in [4.69, 9.17) is 5.73 Å². The predicted octanol–water partition coefficient (Wildman–Crippen LogP) is 0.0254. The number of nitrogens with zero attached hydrogens (tertiary/aromatic N) is 3. The molecule has 14 heavy (non-hydrogen) atoms. The number of hydrogen-bond donors (Lipinski definition) is 1. The van der Waals surface area contributed by atoms with E-state index in [2.05, 4.69) is 35.6 Å². The van der Waals surface area contributed by atoms with Crippen molar-refractivity contribution in [1.29, 1.82) is 0 Å². The smallest absolute Gasteiger partial charge is 0.109 e. The molecule has 1 rings (SSSR count). The van der Waals surface area contributed by atoms with Gasteiger partial charge in [0.05, 0.1) is 0 Å². The third-order valence-electron chi connectivity index (χ3n) is 2.36. The Kier molecular flexibility index (Phi) is 4.10. The molecule has 2 N–H and O–H groups in total. The van der Waals surface area contributed by atoms with Crippen LogP contribution in [0.25, 0.3) is 0 Å². The van der Waals surface area contributed by atoms with Crippen molar-refractivity contribution in [2.75, 3.05) is 27.2 Å². The molecule has 0 amide bonds. The van der Waals surface area contributed by atoms with Gasteiger partial charge in [0.1, 0.15) is 5.82 Å². The summed E-state index contributed by atoms with van der Waals surface area (Å²) >= 11 is 0. The first-order valence-corrected chi connectivity index (χ1v) is 4.99. The van der Waals surface area contributed by atoms with Crippen LogP contribution >= 0.6 is 0 Å². The van der Waals surface area contributed by atoms with E-state index in [1.807, 2.05) is 6.20 Å². The quantitative estimate of drug-likeness (QED) is 0.722. The summed E-state index contributed by atoms with van der Waals surface area (Å²) in [6.07, 6.45) is 3.83. The van der Waals surface area contributed by atoms with Crippen LogP contribution in [0.2, 0.25) is 0 Å². The van der Waals surface area contributed by atoms with E-state index in [1.165, 1.54) is 5.69 Å². The van der Waals surface area contributed by atoms with Gasteiger partial charge in [-0.1, -0.05) is 0 Å². The van der Waals surface area contributed by atoms with E-state index < -0.39 is 0 Å². The highest BCUT2D eigenvalue weighted by Crippen LogP contribution is 2.04. The number of imidazole rings is 1. The lowest BCUT2D eigenvalue weighted by Gasteiger charge is -2.09. The second-order valence-corrected chi connectivity index (χ2v) is 3.82. The van der Waals surface area contributed by atoms with Crippen molar-refractivity contribution in [3.05, 3.63) is 17.7 Å². The van der Waals surface area contributed by atoms with Crippen LogP contribution < -0.4 is 5.73 Å². The molecule has 1 aromatic heterocycles. The van der Waals surface area contributed by atoms with Crippen molar-refractivity contribution in [3.8, 4) is 0 Å². The van der Waals surface area contributed by atoms with Gasteiger partial charge in [0.2, 0.25) is 0 Å². The number of likely N-dealkylation sites (N-methyl/N-ethyl adjacent to an activating group) is 1.